The van der Waals surface area contributed by atoms with E-state index in [2.05, 4.69) is 4.98 Å². The fraction of sp³-hybridized carbons (Fsp3) is 0.611. The van der Waals surface area contributed by atoms with Crippen molar-refractivity contribution in [2.45, 2.75) is 51.5 Å². The fourth-order valence-electron chi connectivity index (χ4n) is 3.20. The van der Waals surface area contributed by atoms with Crippen LogP contribution in [0.3, 0.4) is 0 Å². The Morgan fingerprint density at radius 3 is 2.39 bits per heavy atom. The normalized spacial score (nSPS) is 17.1. The second kappa shape index (κ2) is 8.65. The monoisotopic (exact) mass is 318 g/mol. The van der Waals surface area contributed by atoms with Gasteiger partial charge in [0.1, 0.15) is 0 Å². The highest BCUT2D eigenvalue weighted by Crippen LogP contribution is 2.24. The van der Waals surface area contributed by atoms with Crippen molar-refractivity contribution in [2.24, 2.45) is 5.92 Å². The molecule has 1 amide bonds. The predicted molar refractivity (Wildman–Crippen MR) is 87.9 cm³/mol. The van der Waals surface area contributed by atoms with Crippen molar-refractivity contribution in [3.63, 3.8) is 0 Å². The summed E-state index contributed by atoms with van der Waals surface area (Å²) in [6.45, 7) is 2.22. The van der Waals surface area contributed by atoms with E-state index in [4.69, 9.17) is 4.74 Å². The lowest BCUT2D eigenvalue weighted by Crippen LogP contribution is -2.44. The van der Waals surface area contributed by atoms with Crippen molar-refractivity contribution in [2.75, 3.05) is 13.7 Å². The first-order chi connectivity index (χ1) is 11.1. The van der Waals surface area contributed by atoms with Crippen LogP contribution in [0.4, 0.5) is 0 Å². The van der Waals surface area contributed by atoms with Gasteiger partial charge in [-0.2, -0.15) is 0 Å². The van der Waals surface area contributed by atoms with E-state index in [1.165, 1.54) is 20.0 Å². The van der Waals surface area contributed by atoms with Crippen LogP contribution in [-0.2, 0) is 9.53 Å². The molecule has 5 heteroatoms. The molecule has 1 heterocycles. The molecule has 1 fully saturated rings. The van der Waals surface area contributed by atoms with Crippen LogP contribution in [0.2, 0.25) is 0 Å². The number of hydrogen-bond acceptors (Lipinski definition) is 4. The molecule has 1 unspecified atom stereocenters. The van der Waals surface area contributed by atoms with Gasteiger partial charge in [0.05, 0.1) is 13.0 Å². The number of carbonyl (C=O) groups excluding carboxylic acids is 2. The summed E-state index contributed by atoms with van der Waals surface area (Å²) in [6, 6.07) is 3.66. The molecular formula is C18H26N2O3. The Labute approximate surface area is 138 Å². The van der Waals surface area contributed by atoms with Gasteiger partial charge in [-0.25, -0.2) is 0 Å². The first-order valence-corrected chi connectivity index (χ1v) is 8.42. The highest BCUT2D eigenvalue weighted by Gasteiger charge is 2.29. The van der Waals surface area contributed by atoms with Crippen LogP contribution >= 0.6 is 0 Å². The zero-order chi connectivity index (χ0) is 16.7. The second-order valence-corrected chi connectivity index (χ2v) is 6.26. The van der Waals surface area contributed by atoms with E-state index in [0.29, 0.717) is 12.1 Å². The maximum Gasteiger partial charge on any atom is 0.310 e. The summed E-state index contributed by atoms with van der Waals surface area (Å²) in [7, 11) is 1.39. The topological polar surface area (TPSA) is 59.5 Å². The van der Waals surface area contributed by atoms with E-state index in [9.17, 15) is 9.59 Å². The Morgan fingerprint density at radius 2 is 1.83 bits per heavy atom. The average molecular weight is 318 g/mol. The number of esters is 1. The Bertz CT molecular complexity index is 510. The summed E-state index contributed by atoms with van der Waals surface area (Å²) in [5, 5.41) is 0. The second-order valence-electron chi connectivity index (χ2n) is 6.26. The molecule has 0 aromatic carbocycles. The van der Waals surface area contributed by atoms with Gasteiger partial charge in [-0.1, -0.05) is 32.6 Å². The Morgan fingerprint density at radius 1 is 1.22 bits per heavy atom. The van der Waals surface area contributed by atoms with Crippen molar-refractivity contribution in [1.29, 1.82) is 0 Å². The summed E-state index contributed by atoms with van der Waals surface area (Å²) in [5.74, 6) is -0.616. The van der Waals surface area contributed by atoms with E-state index < -0.39 is 0 Å². The number of amides is 1. The van der Waals surface area contributed by atoms with Crippen LogP contribution in [0.15, 0.2) is 24.5 Å². The molecule has 1 aromatic heterocycles. The van der Waals surface area contributed by atoms with E-state index >= 15 is 0 Å². The summed E-state index contributed by atoms with van der Waals surface area (Å²) in [4.78, 5) is 30.6. The first kappa shape index (κ1) is 17.4. The largest absolute Gasteiger partial charge is 0.469 e. The Kier molecular flexibility index (Phi) is 6.56. The molecule has 1 aromatic rings. The highest BCUT2D eigenvalue weighted by molar-refractivity contribution is 5.94. The molecule has 0 N–H and O–H groups in total. The van der Waals surface area contributed by atoms with Gasteiger partial charge in [-0.05, 0) is 25.0 Å². The van der Waals surface area contributed by atoms with Gasteiger partial charge in [0.2, 0.25) is 0 Å². The third kappa shape index (κ3) is 4.78. The number of carbonyl (C=O) groups is 2. The SMILES string of the molecule is COC(=O)C(C)CN(C(=O)c1ccncc1)C1CCCCCC1. The van der Waals surface area contributed by atoms with Gasteiger partial charge in [0.25, 0.3) is 5.91 Å². The van der Waals surface area contributed by atoms with Crippen LogP contribution in [0, 0.1) is 5.92 Å². The Balaban J connectivity index is 2.19. The van der Waals surface area contributed by atoms with Gasteiger partial charge in [-0.15, -0.1) is 0 Å². The van der Waals surface area contributed by atoms with E-state index in [1.54, 1.807) is 24.5 Å². The minimum atomic E-state index is -0.325. The number of rotatable bonds is 5. The zero-order valence-electron chi connectivity index (χ0n) is 14.0. The lowest BCUT2D eigenvalue weighted by atomic mass is 10.0. The van der Waals surface area contributed by atoms with Crippen molar-refractivity contribution >= 4 is 11.9 Å². The van der Waals surface area contributed by atoms with Crippen LogP contribution < -0.4 is 0 Å². The molecular weight excluding hydrogens is 292 g/mol. The summed E-state index contributed by atoms with van der Waals surface area (Å²) in [5.41, 5.74) is 0.626. The van der Waals surface area contributed by atoms with Crippen molar-refractivity contribution in [3.8, 4) is 0 Å². The number of ether oxygens (including phenoxy) is 1. The molecule has 23 heavy (non-hydrogen) atoms. The minimum Gasteiger partial charge on any atom is -0.469 e. The molecule has 126 valence electrons. The molecule has 0 spiro atoms. The molecule has 0 bridgehead atoms. The average Bonchev–Trinajstić information content (AvgIpc) is 2.88. The quantitative estimate of drug-likeness (QED) is 0.618. The number of hydrogen-bond donors (Lipinski definition) is 0. The zero-order valence-corrected chi connectivity index (χ0v) is 14.0. The summed E-state index contributed by atoms with van der Waals surface area (Å²) in [6.07, 6.45) is 9.98. The maximum absolute atomic E-state index is 12.9. The molecule has 5 nitrogen and oxygen atoms in total. The van der Waals surface area contributed by atoms with E-state index in [-0.39, 0.29) is 23.8 Å². The molecule has 1 aliphatic carbocycles. The highest BCUT2D eigenvalue weighted by atomic mass is 16.5. The van der Waals surface area contributed by atoms with Crippen molar-refractivity contribution < 1.29 is 14.3 Å². The molecule has 0 radical (unpaired) electrons. The summed E-state index contributed by atoms with van der Waals surface area (Å²) < 4.78 is 4.82. The minimum absolute atomic E-state index is 0.0185. The third-order valence-corrected chi connectivity index (χ3v) is 4.53. The standard InChI is InChI=1S/C18H26N2O3/c1-14(18(22)23-2)13-20(16-7-5-3-4-6-8-16)17(21)15-9-11-19-12-10-15/h9-12,14,16H,3-8,13H2,1-2H3. The van der Waals surface area contributed by atoms with Gasteiger partial charge in [0.15, 0.2) is 0 Å². The lowest BCUT2D eigenvalue weighted by molar-refractivity contribution is -0.145. The van der Waals surface area contributed by atoms with Crippen molar-refractivity contribution in [1.82, 2.24) is 9.88 Å². The fourth-order valence-corrected chi connectivity index (χ4v) is 3.20. The number of aromatic nitrogens is 1. The van der Waals surface area contributed by atoms with Crippen LogP contribution in [0.25, 0.3) is 0 Å². The molecule has 1 saturated carbocycles. The van der Waals surface area contributed by atoms with Crippen LogP contribution in [0.5, 0.6) is 0 Å². The predicted octanol–water partition coefficient (Wildman–Crippen LogP) is 3.06. The number of pyridine rings is 1. The molecule has 1 aliphatic rings. The Hall–Kier alpha value is -1.91. The summed E-state index contributed by atoms with van der Waals surface area (Å²) >= 11 is 0. The van der Waals surface area contributed by atoms with Crippen LogP contribution in [-0.4, -0.2) is 41.5 Å². The van der Waals surface area contributed by atoms with Gasteiger partial charge >= 0.3 is 5.97 Å². The molecule has 0 aliphatic heterocycles. The third-order valence-electron chi connectivity index (χ3n) is 4.53. The van der Waals surface area contributed by atoms with E-state index in [0.717, 1.165) is 25.7 Å². The van der Waals surface area contributed by atoms with Gasteiger partial charge in [-0.3, -0.25) is 14.6 Å². The van der Waals surface area contributed by atoms with E-state index in [1.807, 2.05) is 11.8 Å². The van der Waals surface area contributed by atoms with Gasteiger partial charge < -0.3 is 9.64 Å². The van der Waals surface area contributed by atoms with Crippen molar-refractivity contribution in [3.05, 3.63) is 30.1 Å². The van der Waals surface area contributed by atoms with Crippen LogP contribution in [0.1, 0.15) is 55.8 Å². The maximum atomic E-state index is 12.9. The number of methoxy groups -OCH3 is 1. The molecule has 2 rings (SSSR count). The van der Waals surface area contributed by atoms with Gasteiger partial charge in [0, 0.05) is 30.5 Å². The number of nitrogens with zero attached hydrogens (tertiary/aromatic N) is 2. The smallest absolute Gasteiger partial charge is 0.310 e. The first-order valence-electron chi connectivity index (χ1n) is 8.42. The molecule has 1 atom stereocenters. The molecule has 0 saturated heterocycles. The lowest BCUT2D eigenvalue weighted by Gasteiger charge is -2.33.